The van der Waals surface area contributed by atoms with E-state index >= 15 is 0 Å². The molecule has 172 valence electrons. The van der Waals surface area contributed by atoms with Crippen molar-refractivity contribution in [2.75, 3.05) is 0 Å². The van der Waals surface area contributed by atoms with Crippen molar-refractivity contribution in [2.24, 2.45) is 34.5 Å². The summed E-state index contributed by atoms with van der Waals surface area (Å²) in [5, 5.41) is 0. The SMILES string of the molecule is CCCCCC(=O)O[C@@H]1CC(=O)C=C2CC[C@H]3[C@@H]4CC[C@H](C(C)=O)[C@@]4(C)CC[C@@H]3[C@]21C. The van der Waals surface area contributed by atoms with Gasteiger partial charge >= 0.3 is 5.97 Å². The summed E-state index contributed by atoms with van der Waals surface area (Å²) in [6.07, 6.45) is 11.6. The fraction of sp³-hybridized carbons (Fsp3) is 0.815. The summed E-state index contributed by atoms with van der Waals surface area (Å²) >= 11 is 0. The van der Waals surface area contributed by atoms with Gasteiger partial charge in [0.2, 0.25) is 0 Å². The molecule has 0 saturated heterocycles. The van der Waals surface area contributed by atoms with Gasteiger partial charge in [-0.15, -0.1) is 0 Å². The topological polar surface area (TPSA) is 60.4 Å². The molecular formula is C27H40O4. The average Bonchev–Trinajstić information content (AvgIpc) is 3.06. The van der Waals surface area contributed by atoms with Gasteiger partial charge in [-0.05, 0) is 81.1 Å². The maximum absolute atomic E-state index is 12.6. The Morgan fingerprint density at radius 2 is 1.87 bits per heavy atom. The third-order valence-corrected chi connectivity index (χ3v) is 9.79. The molecule has 3 fully saturated rings. The zero-order valence-corrected chi connectivity index (χ0v) is 19.9. The molecule has 4 rings (SSSR count). The second-order valence-corrected chi connectivity index (χ2v) is 11.3. The third kappa shape index (κ3) is 3.72. The molecule has 0 aromatic carbocycles. The van der Waals surface area contributed by atoms with Crippen LogP contribution in [-0.4, -0.2) is 23.6 Å². The average molecular weight is 429 g/mol. The molecule has 0 radical (unpaired) electrons. The quantitative estimate of drug-likeness (QED) is 0.395. The molecule has 4 aliphatic carbocycles. The molecule has 0 bridgehead atoms. The zero-order chi connectivity index (χ0) is 22.4. The van der Waals surface area contributed by atoms with Gasteiger partial charge in [-0.25, -0.2) is 0 Å². The Morgan fingerprint density at radius 3 is 2.58 bits per heavy atom. The Balaban J connectivity index is 1.59. The number of rotatable bonds is 6. The van der Waals surface area contributed by atoms with E-state index in [2.05, 4.69) is 20.8 Å². The number of Topliss-reactive ketones (excluding diaryl/α,β-unsaturated/α-hetero) is 1. The van der Waals surface area contributed by atoms with Crippen LogP contribution < -0.4 is 0 Å². The molecule has 0 unspecified atom stereocenters. The molecule has 4 heteroatoms. The van der Waals surface area contributed by atoms with Crippen molar-refractivity contribution in [3.8, 4) is 0 Å². The lowest BCUT2D eigenvalue weighted by Gasteiger charge is -2.59. The number of unbranched alkanes of at least 4 members (excludes halogenated alkanes) is 2. The molecule has 4 nitrogen and oxygen atoms in total. The molecular weight excluding hydrogens is 388 g/mol. The second kappa shape index (κ2) is 8.48. The second-order valence-electron chi connectivity index (χ2n) is 11.3. The number of esters is 1. The fourth-order valence-electron chi connectivity index (χ4n) is 8.15. The summed E-state index contributed by atoms with van der Waals surface area (Å²) in [5.41, 5.74) is 1.08. The van der Waals surface area contributed by atoms with Gasteiger partial charge in [0.25, 0.3) is 0 Å². The van der Waals surface area contributed by atoms with E-state index in [1.165, 1.54) is 5.57 Å². The van der Waals surface area contributed by atoms with Crippen LogP contribution in [0.3, 0.4) is 0 Å². The number of fused-ring (bicyclic) bond motifs is 5. The summed E-state index contributed by atoms with van der Waals surface area (Å²) in [7, 11) is 0. The normalized spacial score (nSPS) is 41.6. The fourth-order valence-corrected chi connectivity index (χ4v) is 8.15. The van der Waals surface area contributed by atoms with Crippen molar-refractivity contribution >= 4 is 17.5 Å². The van der Waals surface area contributed by atoms with Gasteiger partial charge in [0.05, 0.1) is 0 Å². The Morgan fingerprint density at radius 1 is 1.10 bits per heavy atom. The van der Waals surface area contributed by atoms with Crippen molar-refractivity contribution in [1.29, 1.82) is 0 Å². The number of carbonyl (C=O) groups is 3. The Bertz CT molecular complexity index is 782. The van der Waals surface area contributed by atoms with Crippen molar-refractivity contribution in [3.63, 3.8) is 0 Å². The van der Waals surface area contributed by atoms with Gasteiger partial charge in [-0.3, -0.25) is 14.4 Å². The Kier molecular flexibility index (Phi) is 6.22. The maximum Gasteiger partial charge on any atom is 0.306 e. The van der Waals surface area contributed by atoms with Crippen LogP contribution >= 0.6 is 0 Å². The summed E-state index contributed by atoms with van der Waals surface area (Å²) in [6.45, 7) is 8.53. The zero-order valence-electron chi connectivity index (χ0n) is 19.9. The van der Waals surface area contributed by atoms with Crippen LogP contribution in [0.1, 0.15) is 98.3 Å². The minimum atomic E-state index is -0.337. The molecule has 4 aliphatic rings. The van der Waals surface area contributed by atoms with Crippen LogP contribution in [0.5, 0.6) is 0 Å². The smallest absolute Gasteiger partial charge is 0.306 e. The highest BCUT2D eigenvalue weighted by Gasteiger charge is 2.62. The van der Waals surface area contributed by atoms with Crippen molar-refractivity contribution in [1.82, 2.24) is 0 Å². The van der Waals surface area contributed by atoms with Gasteiger partial charge in [0.15, 0.2) is 5.78 Å². The molecule has 0 amide bonds. The lowest BCUT2D eigenvalue weighted by Crippen LogP contribution is -2.56. The number of carbonyl (C=O) groups excluding carboxylic acids is 3. The van der Waals surface area contributed by atoms with E-state index in [0.717, 1.165) is 57.8 Å². The molecule has 0 spiro atoms. The Labute approximate surface area is 187 Å². The van der Waals surface area contributed by atoms with Crippen molar-refractivity contribution in [3.05, 3.63) is 11.6 Å². The first-order chi connectivity index (χ1) is 14.7. The van der Waals surface area contributed by atoms with Crippen molar-refractivity contribution < 1.29 is 19.1 Å². The third-order valence-electron chi connectivity index (χ3n) is 9.79. The van der Waals surface area contributed by atoms with Crippen LogP contribution in [0.2, 0.25) is 0 Å². The van der Waals surface area contributed by atoms with E-state index in [0.29, 0.717) is 36.4 Å². The van der Waals surface area contributed by atoms with Crippen LogP contribution in [0.4, 0.5) is 0 Å². The molecule has 0 N–H and O–H groups in total. The van der Waals surface area contributed by atoms with E-state index in [1.54, 1.807) is 6.92 Å². The van der Waals surface area contributed by atoms with Crippen molar-refractivity contribution in [2.45, 2.75) is 104 Å². The van der Waals surface area contributed by atoms with Crippen LogP contribution in [0.15, 0.2) is 11.6 Å². The van der Waals surface area contributed by atoms with E-state index in [-0.39, 0.29) is 34.6 Å². The minimum absolute atomic E-state index is 0.107. The number of ether oxygens (including phenoxy) is 1. The standard InChI is InChI=1S/C27H40O4/c1-5-6-7-8-25(30)31-24-16-19(29)15-18-9-10-20-22-12-11-21(17(2)28)26(22,3)14-13-23(20)27(18,24)4/h15,20-24H,5-14,16H2,1-4H3/t20-,21+,22-,23-,24+,26+,27-/m0/s1. The Hall–Kier alpha value is -1.45. The maximum atomic E-state index is 12.6. The highest BCUT2D eigenvalue weighted by Crippen LogP contribution is 2.67. The lowest BCUT2D eigenvalue weighted by atomic mass is 9.46. The van der Waals surface area contributed by atoms with Gasteiger partial charge < -0.3 is 4.74 Å². The number of hydrogen-bond donors (Lipinski definition) is 0. The number of ketones is 2. The molecule has 31 heavy (non-hydrogen) atoms. The molecule has 3 saturated carbocycles. The molecule has 7 atom stereocenters. The molecule has 0 heterocycles. The summed E-state index contributed by atoms with van der Waals surface area (Å²) in [5.74, 6) is 2.07. The monoisotopic (exact) mass is 428 g/mol. The van der Waals surface area contributed by atoms with Gasteiger partial charge in [-0.1, -0.05) is 39.2 Å². The molecule has 0 aromatic heterocycles. The highest BCUT2D eigenvalue weighted by atomic mass is 16.5. The summed E-state index contributed by atoms with van der Waals surface area (Å²) < 4.78 is 6.07. The first kappa shape index (κ1) is 22.7. The van der Waals surface area contributed by atoms with Crippen LogP contribution in [0.25, 0.3) is 0 Å². The van der Waals surface area contributed by atoms with Gasteiger partial charge in [0.1, 0.15) is 11.9 Å². The van der Waals surface area contributed by atoms with E-state index in [1.807, 2.05) is 6.08 Å². The lowest BCUT2D eigenvalue weighted by molar-refractivity contribution is -0.166. The molecule has 0 aromatic rings. The minimum Gasteiger partial charge on any atom is -0.461 e. The van der Waals surface area contributed by atoms with E-state index in [9.17, 15) is 14.4 Å². The van der Waals surface area contributed by atoms with Crippen LogP contribution in [-0.2, 0) is 19.1 Å². The highest BCUT2D eigenvalue weighted by molar-refractivity contribution is 5.92. The predicted octanol–water partition coefficient (Wildman–Crippen LogP) is 5.83. The first-order valence-corrected chi connectivity index (χ1v) is 12.7. The number of hydrogen-bond acceptors (Lipinski definition) is 4. The van der Waals surface area contributed by atoms with E-state index < -0.39 is 0 Å². The first-order valence-electron chi connectivity index (χ1n) is 12.7. The summed E-state index contributed by atoms with van der Waals surface area (Å²) in [6, 6.07) is 0. The summed E-state index contributed by atoms with van der Waals surface area (Å²) in [4.78, 5) is 37.5. The van der Waals surface area contributed by atoms with E-state index in [4.69, 9.17) is 4.74 Å². The van der Waals surface area contributed by atoms with Gasteiger partial charge in [0, 0.05) is 24.2 Å². The molecule has 0 aliphatic heterocycles. The predicted molar refractivity (Wildman–Crippen MR) is 120 cm³/mol. The largest absolute Gasteiger partial charge is 0.461 e. The van der Waals surface area contributed by atoms with Gasteiger partial charge in [-0.2, -0.15) is 0 Å². The van der Waals surface area contributed by atoms with Crippen LogP contribution in [0, 0.1) is 34.5 Å².